The molecule has 3 amide bonds. The molecule has 4 heterocycles. The topological polar surface area (TPSA) is 183 Å². The maximum atomic E-state index is 13.4. The van der Waals surface area contributed by atoms with Gasteiger partial charge in [-0.1, -0.05) is 30.3 Å². The third-order valence-electron chi connectivity index (χ3n) is 6.48. The highest BCUT2D eigenvalue weighted by atomic mass is 32.2. The molecule has 5 rings (SSSR count). The summed E-state index contributed by atoms with van der Waals surface area (Å²) in [4.78, 5) is 80.9. The number of aliphatic carboxylic acids is 1. The molecule has 0 radical (unpaired) electrons. The fourth-order valence-electron chi connectivity index (χ4n) is 4.68. The smallest absolute Gasteiger partial charge is 0.327 e. The number of carboxylic acids is 1. The molecule has 1 unspecified atom stereocenters. The van der Waals surface area contributed by atoms with E-state index in [0.29, 0.717) is 5.56 Å². The van der Waals surface area contributed by atoms with Gasteiger partial charge < -0.3 is 20.6 Å². The number of nitrogens with zero attached hydrogens (tertiary/aromatic N) is 3. The van der Waals surface area contributed by atoms with Gasteiger partial charge in [0.15, 0.2) is 5.65 Å². The number of H-pyrrole nitrogens is 1. The molecule has 2 fully saturated rings. The first-order chi connectivity index (χ1) is 18.0. The molecule has 196 valence electrons. The maximum Gasteiger partial charge on any atom is 0.327 e. The number of benzene rings is 1. The molecule has 14 heteroatoms. The Morgan fingerprint density at radius 3 is 2.50 bits per heavy atom. The van der Waals surface area contributed by atoms with Crippen molar-refractivity contribution in [3.63, 3.8) is 0 Å². The molecule has 2 aliphatic rings. The van der Waals surface area contributed by atoms with Crippen molar-refractivity contribution < 1.29 is 24.3 Å². The molecule has 2 aromatic heterocycles. The first kappa shape index (κ1) is 25.2. The van der Waals surface area contributed by atoms with E-state index in [1.54, 1.807) is 44.2 Å². The van der Waals surface area contributed by atoms with Crippen molar-refractivity contribution in [1.82, 2.24) is 30.1 Å². The van der Waals surface area contributed by atoms with Gasteiger partial charge in [0, 0.05) is 17.0 Å². The summed E-state index contributed by atoms with van der Waals surface area (Å²) in [5.74, 6) is -3.31. The number of β-lactam (4-membered cyclic amide) rings is 1. The summed E-state index contributed by atoms with van der Waals surface area (Å²) in [6.45, 7) is 3.44. The second-order valence-corrected chi connectivity index (χ2v) is 11.2. The van der Waals surface area contributed by atoms with Crippen LogP contribution in [0, 0.1) is 0 Å². The van der Waals surface area contributed by atoms with Gasteiger partial charge in [-0.25, -0.2) is 9.78 Å². The molecule has 0 spiro atoms. The van der Waals surface area contributed by atoms with Crippen LogP contribution in [0.4, 0.5) is 0 Å². The number of carbonyl (C=O) groups excluding carboxylic acids is 3. The number of hydrogen-bond donors (Lipinski definition) is 4. The average molecular weight is 539 g/mol. The lowest BCUT2D eigenvalue weighted by Crippen LogP contribution is -2.71. The SMILES string of the molecule is CC1(C)S[C@@H]2[C@H](NC(=O)C(NC(=O)c3cnc4ccc(=O)[nH]n4c3=O)c3ccccc3)C(=O)N2[C@H]1C(=O)O. The highest BCUT2D eigenvalue weighted by molar-refractivity contribution is 8.01. The summed E-state index contributed by atoms with van der Waals surface area (Å²) in [7, 11) is 0. The van der Waals surface area contributed by atoms with Crippen molar-refractivity contribution in [2.45, 2.75) is 42.1 Å². The van der Waals surface area contributed by atoms with Crippen LogP contribution in [0.5, 0.6) is 0 Å². The zero-order valence-electron chi connectivity index (χ0n) is 20.1. The van der Waals surface area contributed by atoms with Crippen molar-refractivity contribution >= 4 is 41.1 Å². The van der Waals surface area contributed by atoms with E-state index in [0.717, 1.165) is 10.7 Å². The van der Waals surface area contributed by atoms with Gasteiger partial charge in [0.1, 0.15) is 29.1 Å². The van der Waals surface area contributed by atoms with E-state index in [4.69, 9.17) is 0 Å². The standard InChI is InChI=1S/C24H22N6O7S/c1-24(2)17(23(36)37)29-21(35)16(22(29)38-24)27-19(33)15(11-6-4-3-5-7-11)26-18(32)12-10-25-13-8-9-14(31)28-30(13)20(12)34/h3-10,15-17,22H,1-2H3,(H,26,32)(H,27,33)(H,28,31)(H,36,37)/t15?,16-,17+,22-/m1/s1. The summed E-state index contributed by atoms with van der Waals surface area (Å²) in [6.07, 6.45) is 1.04. The van der Waals surface area contributed by atoms with Crippen molar-refractivity contribution in [3.8, 4) is 0 Å². The fraction of sp³-hybridized carbons (Fsp3) is 0.292. The van der Waals surface area contributed by atoms with Crippen molar-refractivity contribution in [2.24, 2.45) is 0 Å². The molecule has 2 saturated heterocycles. The predicted octanol–water partition coefficient (Wildman–Crippen LogP) is -0.514. The van der Waals surface area contributed by atoms with E-state index >= 15 is 0 Å². The molecule has 0 aliphatic carbocycles. The highest BCUT2D eigenvalue weighted by Crippen LogP contribution is 2.50. The molecule has 3 aromatic rings. The number of nitrogens with one attached hydrogen (secondary N) is 3. The number of aromatic amines is 1. The van der Waals surface area contributed by atoms with Gasteiger partial charge in [0.25, 0.3) is 17.0 Å². The van der Waals surface area contributed by atoms with E-state index in [1.165, 1.54) is 28.8 Å². The van der Waals surface area contributed by atoms with Crippen LogP contribution in [0.1, 0.15) is 35.8 Å². The Hall–Kier alpha value is -4.46. The third kappa shape index (κ3) is 4.12. The molecular formula is C24H22N6O7S. The molecular weight excluding hydrogens is 516 g/mol. The first-order valence-electron chi connectivity index (χ1n) is 11.5. The number of hydrogen-bond acceptors (Lipinski definition) is 8. The number of amides is 3. The lowest BCUT2D eigenvalue weighted by Gasteiger charge is -2.44. The molecule has 38 heavy (non-hydrogen) atoms. The molecule has 0 bridgehead atoms. The molecule has 4 N–H and O–H groups in total. The number of rotatable bonds is 6. The van der Waals surface area contributed by atoms with Crippen LogP contribution in [0.15, 0.2) is 58.3 Å². The van der Waals surface area contributed by atoms with Gasteiger partial charge in [0.05, 0.1) is 0 Å². The van der Waals surface area contributed by atoms with Crippen LogP contribution in [0.3, 0.4) is 0 Å². The van der Waals surface area contributed by atoms with Gasteiger partial charge in [-0.05, 0) is 25.5 Å². The van der Waals surface area contributed by atoms with E-state index in [1.807, 2.05) is 0 Å². The quantitative estimate of drug-likeness (QED) is 0.300. The predicted molar refractivity (Wildman–Crippen MR) is 134 cm³/mol. The molecule has 1 aromatic carbocycles. The Balaban J connectivity index is 1.41. The second kappa shape index (κ2) is 9.13. The monoisotopic (exact) mass is 538 g/mol. The zero-order chi connectivity index (χ0) is 27.4. The Kier molecular flexibility index (Phi) is 6.06. The molecule has 0 saturated carbocycles. The number of aromatic nitrogens is 3. The van der Waals surface area contributed by atoms with E-state index in [9.17, 15) is 33.9 Å². The van der Waals surface area contributed by atoms with Crippen LogP contribution in [-0.2, 0) is 14.4 Å². The van der Waals surface area contributed by atoms with E-state index < -0.39 is 68.6 Å². The van der Waals surface area contributed by atoms with Crippen LogP contribution >= 0.6 is 11.8 Å². The van der Waals surface area contributed by atoms with E-state index in [-0.39, 0.29) is 5.65 Å². The van der Waals surface area contributed by atoms with Crippen LogP contribution < -0.4 is 21.8 Å². The molecule has 13 nitrogen and oxygen atoms in total. The van der Waals surface area contributed by atoms with Crippen LogP contribution in [-0.4, -0.2) is 70.5 Å². The largest absolute Gasteiger partial charge is 0.480 e. The zero-order valence-corrected chi connectivity index (χ0v) is 20.9. The Morgan fingerprint density at radius 2 is 1.82 bits per heavy atom. The summed E-state index contributed by atoms with van der Waals surface area (Å²) in [6, 6.07) is 7.39. The minimum Gasteiger partial charge on any atom is -0.480 e. The summed E-state index contributed by atoms with van der Waals surface area (Å²) >= 11 is 1.27. The van der Waals surface area contributed by atoms with Gasteiger partial charge >= 0.3 is 5.97 Å². The Labute approximate surface area is 218 Å². The maximum absolute atomic E-state index is 13.4. The number of fused-ring (bicyclic) bond motifs is 2. The minimum atomic E-state index is -1.30. The van der Waals surface area contributed by atoms with Gasteiger partial charge in [0.2, 0.25) is 11.8 Å². The lowest BCUT2D eigenvalue weighted by molar-refractivity contribution is -0.161. The van der Waals surface area contributed by atoms with Gasteiger partial charge in [-0.2, -0.15) is 4.52 Å². The van der Waals surface area contributed by atoms with Crippen molar-refractivity contribution in [2.75, 3.05) is 0 Å². The Morgan fingerprint density at radius 1 is 1.11 bits per heavy atom. The lowest BCUT2D eigenvalue weighted by atomic mass is 9.95. The second-order valence-electron chi connectivity index (χ2n) is 9.38. The van der Waals surface area contributed by atoms with Crippen LogP contribution in [0.25, 0.3) is 5.65 Å². The normalized spacial score (nSPS) is 22.3. The summed E-state index contributed by atoms with van der Waals surface area (Å²) in [5, 5.41) is 16.5. The third-order valence-corrected chi connectivity index (χ3v) is 8.05. The number of carbonyl (C=O) groups is 4. The van der Waals surface area contributed by atoms with Gasteiger partial charge in [-0.3, -0.25) is 29.1 Å². The van der Waals surface area contributed by atoms with Gasteiger partial charge in [-0.15, -0.1) is 11.8 Å². The van der Waals surface area contributed by atoms with Crippen molar-refractivity contribution in [3.05, 3.63) is 80.5 Å². The molecule has 4 atom stereocenters. The average Bonchev–Trinajstić information content (AvgIpc) is 3.14. The van der Waals surface area contributed by atoms with Crippen molar-refractivity contribution in [1.29, 1.82) is 0 Å². The summed E-state index contributed by atoms with van der Waals surface area (Å²) in [5.41, 5.74) is -1.33. The van der Waals surface area contributed by atoms with Crippen LogP contribution in [0.2, 0.25) is 0 Å². The summed E-state index contributed by atoms with van der Waals surface area (Å²) < 4.78 is 0.0549. The highest BCUT2D eigenvalue weighted by Gasteiger charge is 2.64. The number of thioether (sulfide) groups is 1. The first-order valence-corrected chi connectivity index (χ1v) is 12.4. The fourth-order valence-corrected chi connectivity index (χ4v) is 6.31. The Bertz CT molecular complexity index is 1600. The number of carboxylic acid groups (broad SMARTS) is 1. The molecule has 2 aliphatic heterocycles. The van der Waals surface area contributed by atoms with E-state index in [2.05, 4.69) is 20.7 Å². The minimum absolute atomic E-state index is 0.119.